The molecule has 0 spiro atoms. The number of benzene rings is 2. The Kier molecular flexibility index (Phi) is 7.61. The van der Waals surface area contributed by atoms with Crippen molar-refractivity contribution in [2.24, 2.45) is 0 Å². The van der Waals surface area contributed by atoms with Gasteiger partial charge in [0.05, 0.1) is 26.0 Å². The largest absolute Gasteiger partial charge is 0.481 e. The molecule has 1 N–H and O–H groups in total. The Bertz CT molecular complexity index is 1600. The minimum absolute atomic E-state index is 0.0193. The lowest BCUT2D eigenvalue weighted by molar-refractivity contribution is -0.0567. The molecule has 0 saturated carbocycles. The normalized spacial score (nSPS) is 13.8. The fourth-order valence-corrected chi connectivity index (χ4v) is 4.55. The van der Waals surface area contributed by atoms with Crippen LogP contribution in [0.2, 0.25) is 0 Å². The summed E-state index contributed by atoms with van der Waals surface area (Å²) in [6.45, 7) is 4.31. The Morgan fingerprint density at radius 2 is 1.90 bits per heavy atom. The molecular formula is C30H29FN4O5. The predicted molar refractivity (Wildman–Crippen MR) is 146 cm³/mol. The number of ether oxygens (including phenoxy) is 3. The highest BCUT2D eigenvalue weighted by Crippen LogP contribution is 2.29. The van der Waals surface area contributed by atoms with Crippen LogP contribution in [0.25, 0.3) is 11.3 Å². The SMILES string of the molecule is COc1cccc(-c2cc(F)ccc2CNC(=O)c2nc3n(c(=O)c2OCc2ccccc2)CCOC3(C)C)n1. The molecule has 2 aromatic carbocycles. The van der Waals surface area contributed by atoms with E-state index < -0.39 is 22.9 Å². The van der Waals surface area contributed by atoms with Gasteiger partial charge < -0.3 is 19.5 Å². The first kappa shape index (κ1) is 27.0. The number of hydrogen-bond acceptors (Lipinski definition) is 7. The first-order valence-electron chi connectivity index (χ1n) is 12.8. The third-order valence-corrected chi connectivity index (χ3v) is 6.61. The minimum Gasteiger partial charge on any atom is -0.481 e. The zero-order valence-electron chi connectivity index (χ0n) is 22.4. The number of nitrogens with one attached hydrogen (secondary N) is 1. The van der Waals surface area contributed by atoms with Gasteiger partial charge >= 0.3 is 0 Å². The molecule has 0 unspecified atom stereocenters. The van der Waals surface area contributed by atoms with Gasteiger partial charge in [0.15, 0.2) is 5.69 Å². The van der Waals surface area contributed by atoms with Gasteiger partial charge in [0.1, 0.15) is 23.8 Å². The van der Waals surface area contributed by atoms with E-state index in [1.54, 1.807) is 38.1 Å². The molecule has 0 saturated heterocycles. The van der Waals surface area contributed by atoms with Crippen molar-refractivity contribution in [2.45, 2.75) is 39.1 Å². The highest BCUT2D eigenvalue weighted by molar-refractivity contribution is 5.95. The number of nitrogens with zero attached hydrogens (tertiary/aromatic N) is 3. The topological polar surface area (TPSA) is 105 Å². The maximum atomic E-state index is 14.2. The van der Waals surface area contributed by atoms with Crippen molar-refractivity contribution in [2.75, 3.05) is 13.7 Å². The van der Waals surface area contributed by atoms with E-state index in [1.807, 2.05) is 30.3 Å². The molecule has 1 aliphatic heterocycles. The molecule has 1 amide bonds. The molecule has 206 valence electrons. The van der Waals surface area contributed by atoms with E-state index in [4.69, 9.17) is 14.2 Å². The molecule has 0 bridgehead atoms. The number of rotatable bonds is 8. The van der Waals surface area contributed by atoms with Crippen molar-refractivity contribution in [1.82, 2.24) is 19.9 Å². The van der Waals surface area contributed by atoms with Gasteiger partial charge in [-0.15, -0.1) is 0 Å². The van der Waals surface area contributed by atoms with Crippen molar-refractivity contribution in [3.05, 3.63) is 106 Å². The number of carbonyl (C=O) groups excluding carboxylic acids is 1. The second-order valence-electron chi connectivity index (χ2n) is 9.75. The van der Waals surface area contributed by atoms with Gasteiger partial charge in [-0.1, -0.05) is 42.5 Å². The smallest absolute Gasteiger partial charge is 0.296 e. The summed E-state index contributed by atoms with van der Waals surface area (Å²) in [6, 6.07) is 18.7. The lowest BCUT2D eigenvalue weighted by Gasteiger charge is -2.32. The molecule has 40 heavy (non-hydrogen) atoms. The van der Waals surface area contributed by atoms with E-state index in [1.165, 1.54) is 23.8 Å². The number of aromatic nitrogens is 3. The maximum Gasteiger partial charge on any atom is 0.296 e. The number of hydrogen-bond donors (Lipinski definition) is 1. The quantitative estimate of drug-likeness (QED) is 0.354. The minimum atomic E-state index is -0.882. The summed E-state index contributed by atoms with van der Waals surface area (Å²) >= 11 is 0. The number of pyridine rings is 1. The summed E-state index contributed by atoms with van der Waals surface area (Å²) in [4.78, 5) is 36.1. The Morgan fingerprint density at radius 1 is 1.10 bits per heavy atom. The lowest BCUT2D eigenvalue weighted by Crippen LogP contribution is -2.43. The van der Waals surface area contributed by atoms with Gasteiger partial charge in [-0.25, -0.2) is 14.4 Å². The summed E-state index contributed by atoms with van der Waals surface area (Å²) in [7, 11) is 1.50. The van der Waals surface area contributed by atoms with Crippen LogP contribution in [0.3, 0.4) is 0 Å². The Balaban J connectivity index is 1.48. The van der Waals surface area contributed by atoms with Crippen LogP contribution in [0.5, 0.6) is 11.6 Å². The first-order valence-corrected chi connectivity index (χ1v) is 12.8. The second kappa shape index (κ2) is 11.3. The van der Waals surface area contributed by atoms with Crippen LogP contribution in [0.15, 0.2) is 71.5 Å². The van der Waals surface area contributed by atoms with E-state index in [0.717, 1.165) is 5.56 Å². The highest BCUT2D eigenvalue weighted by Gasteiger charge is 2.35. The van der Waals surface area contributed by atoms with Gasteiger partial charge in [0, 0.05) is 18.2 Å². The molecule has 0 aliphatic carbocycles. The van der Waals surface area contributed by atoms with Crippen molar-refractivity contribution in [3.8, 4) is 22.9 Å². The van der Waals surface area contributed by atoms with Gasteiger partial charge in [-0.2, -0.15) is 0 Å². The van der Waals surface area contributed by atoms with Crippen LogP contribution >= 0.6 is 0 Å². The summed E-state index contributed by atoms with van der Waals surface area (Å²) in [5.41, 5.74) is 0.945. The summed E-state index contributed by atoms with van der Waals surface area (Å²) < 4.78 is 32.7. The van der Waals surface area contributed by atoms with E-state index >= 15 is 0 Å². The number of fused-ring (bicyclic) bond motifs is 1. The highest BCUT2D eigenvalue weighted by atomic mass is 19.1. The average Bonchev–Trinajstić information content (AvgIpc) is 2.96. The van der Waals surface area contributed by atoms with E-state index in [2.05, 4.69) is 15.3 Å². The molecular weight excluding hydrogens is 515 g/mol. The fraction of sp³-hybridized carbons (Fsp3) is 0.267. The molecule has 1 aliphatic rings. The zero-order chi connectivity index (χ0) is 28.3. The molecule has 9 nitrogen and oxygen atoms in total. The summed E-state index contributed by atoms with van der Waals surface area (Å²) in [5.74, 6) is -0.488. The third kappa shape index (κ3) is 5.57. The molecule has 0 atom stereocenters. The molecule has 5 rings (SSSR count). The fourth-order valence-electron chi connectivity index (χ4n) is 4.55. The number of amides is 1. The number of methoxy groups -OCH3 is 1. The van der Waals surface area contributed by atoms with Crippen LogP contribution in [-0.4, -0.2) is 34.2 Å². The first-order chi connectivity index (χ1) is 19.3. The van der Waals surface area contributed by atoms with E-state index in [9.17, 15) is 14.0 Å². The monoisotopic (exact) mass is 544 g/mol. The van der Waals surface area contributed by atoms with E-state index in [-0.39, 0.29) is 24.6 Å². The van der Waals surface area contributed by atoms with Crippen LogP contribution in [0, 0.1) is 5.82 Å². The zero-order valence-corrected chi connectivity index (χ0v) is 22.4. The maximum absolute atomic E-state index is 14.2. The predicted octanol–water partition coefficient (Wildman–Crippen LogP) is 4.23. The molecule has 4 aromatic rings. The van der Waals surface area contributed by atoms with Crippen molar-refractivity contribution in [1.29, 1.82) is 0 Å². The molecule has 3 heterocycles. The Hall–Kier alpha value is -4.57. The van der Waals surface area contributed by atoms with Gasteiger partial charge in [-0.3, -0.25) is 14.2 Å². The lowest BCUT2D eigenvalue weighted by atomic mass is 10.0. The van der Waals surface area contributed by atoms with Gasteiger partial charge in [-0.05, 0) is 43.2 Å². The standard InChI is InChI=1S/C30H29FN4O5/c1-30(2)29-34-25(26(28(37)35(29)14-15-40-30)39-18-19-8-5-4-6-9-19)27(36)32-17-20-12-13-21(31)16-22(20)23-10-7-11-24(33-23)38-3/h4-13,16H,14-15,17-18H2,1-3H3,(H,32,36). The summed E-state index contributed by atoms with van der Waals surface area (Å²) in [6.07, 6.45) is 0. The third-order valence-electron chi connectivity index (χ3n) is 6.61. The van der Waals surface area contributed by atoms with Gasteiger partial charge in [0.2, 0.25) is 11.6 Å². The van der Waals surface area contributed by atoms with Crippen molar-refractivity contribution < 1.29 is 23.4 Å². The Morgan fingerprint density at radius 3 is 2.67 bits per heavy atom. The Labute approximate surface area is 230 Å². The average molecular weight is 545 g/mol. The van der Waals surface area contributed by atoms with Crippen LogP contribution < -0.4 is 20.3 Å². The number of halogens is 1. The van der Waals surface area contributed by atoms with Crippen molar-refractivity contribution >= 4 is 5.91 Å². The molecule has 10 heteroatoms. The van der Waals surface area contributed by atoms with E-state index in [0.29, 0.717) is 41.7 Å². The molecule has 0 fully saturated rings. The molecule has 2 aromatic heterocycles. The molecule has 0 radical (unpaired) electrons. The number of carbonyl (C=O) groups is 1. The van der Waals surface area contributed by atoms with Crippen LogP contribution in [0.1, 0.15) is 41.3 Å². The second-order valence-corrected chi connectivity index (χ2v) is 9.75. The summed E-state index contributed by atoms with van der Waals surface area (Å²) in [5, 5.41) is 2.82. The van der Waals surface area contributed by atoms with Crippen LogP contribution in [-0.2, 0) is 30.0 Å². The van der Waals surface area contributed by atoms with Gasteiger partial charge in [0.25, 0.3) is 11.5 Å². The van der Waals surface area contributed by atoms with Crippen LogP contribution in [0.4, 0.5) is 4.39 Å². The van der Waals surface area contributed by atoms with Crippen molar-refractivity contribution in [3.63, 3.8) is 0 Å².